The maximum atomic E-state index is 9.80. The molecule has 0 bridgehead atoms. The summed E-state index contributed by atoms with van der Waals surface area (Å²) in [5.74, 6) is 0. The molecule has 0 aliphatic rings. The highest BCUT2D eigenvalue weighted by molar-refractivity contribution is 5.20. The van der Waals surface area contributed by atoms with Gasteiger partial charge in [-0.2, -0.15) is 5.10 Å². The maximum Gasteiger partial charge on any atom is 0.113 e. The largest absolute Gasteiger partial charge is 0.385 e. The highest BCUT2D eigenvalue weighted by Gasteiger charge is 2.23. The minimum Gasteiger partial charge on any atom is -0.385 e. The van der Waals surface area contributed by atoms with Crippen LogP contribution in [0.3, 0.4) is 0 Å². The summed E-state index contributed by atoms with van der Waals surface area (Å²) in [7, 11) is 1.89. The van der Waals surface area contributed by atoms with Crippen LogP contribution in [0.25, 0.3) is 0 Å². The first kappa shape index (κ1) is 12.2. The second-order valence-corrected chi connectivity index (χ2v) is 5.13. The van der Waals surface area contributed by atoms with E-state index in [-0.39, 0.29) is 11.5 Å². The molecule has 0 spiro atoms. The first-order valence-corrected chi connectivity index (χ1v) is 5.21. The summed E-state index contributed by atoms with van der Waals surface area (Å²) in [5, 5.41) is 14.1. The van der Waals surface area contributed by atoms with Crippen molar-refractivity contribution in [2.75, 3.05) is 0 Å². The molecule has 0 aromatic carbocycles. The Hall–Kier alpha value is -0.870. The summed E-state index contributed by atoms with van der Waals surface area (Å²) in [6.45, 7) is 8.13. The van der Waals surface area contributed by atoms with E-state index in [9.17, 15) is 5.11 Å². The Morgan fingerprint density at radius 3 is 2.33 bits per heavy atom. The van der Waals surface area contributed by atoms with E-state index < -0.39 is 6.10 Å². The normalized spacial score (nSPS) is 16.5. The predicted octanol–water partition coefficient (Wildman–Crippen LogP) is 1.10. The van der Waals surface area contributed by atoms with E-state index >= 15 is 0 Å². The van der Waals surface area contributed by atoms with E-state index in [4.69, 9.17) is 5.73 Å². The molecular weight excluding hydrogens is 190 g/mol. The number of aromatic nitrogens is 2. The van der Waals surface area contributed by atoms with Crippen LogP contribution in [0.15, 0.2) is 6.07 Å². The Labute approximate surface area is 91.1 Å². The molecule has 3 N–H and O–H groups in total. The van der Waals surface area contributed by atoms with Crippen molar-refractivity contribution in [2.24, 2.45) is 12.8 Å². The molecule has 0 radical (unpaired) electrons. The monoisotopic (exact) mass is 211 g/mol. The molecule has 0 aliphatic heterocycles. The molecule has 0 saturated heterocycles. The fourth-order valence-electron chi connectivity index (χ4n) is 1.61. The Kier molecular flexibility index (Phi) is 3.21. The smallest absolute Gasteiger partial charge is 0.113 e. The second-order valence-electron chi connectivity index (χ2n) is 5.13. The molecule has 15 heavy (non-hydrogen) atoms. The van der Waals surface area contributed by atoms with E-state index in [1.165, 1.54) is 0 Å². The minimum atomic E-state index is -0.688. The van der Waals surface area contributed by atoms with Gasteiger partial charge in [0.25, 0.3) is 0 Å². The Morgan fingerprint density at radius 1 is 1.47 bits per heavy atom. The summed E-state index contributed by atoms with van der Waals surface area (Å²) in [6.07, 6.45) is -0.688. The van der Waals surface area contributed by atoms with Crippen molar-refractivity contribution >= 4 is 0 Å². The molecule has 2 atom stereocenters. The van der Waals surface area contributed by atoms with Crippen LogP contribution in [0.4, 0.5) is 0 Å². The topological polar surface area (TPSA) is 64.1 Å². The summed E-state index contributed by atoms with van der Waals surface area (Å²) in [6, 6.07) is 1.63. The van der Waals surface area contributed by atoms with Gasteiger partial charge in [-0.1, -0.05) is 20.8 Å². The van der Waals surface area contributed by atoms with Crippen LogP contribution in [0.1, 0.15) is 45.2 Å². The first-order valence-electron chi connectivity index (χ1n) is 5.21. The van der Waals surface area contributed by atoms with Crippen molar-refractivity contribution in [1.82, 2.24) is 9.78 Å². The molecule has 1 heterocycles. The molecule has 4 heteroatoms. The Morgan fingerprint density at radius 2 is 2.00 bits per heavy atom. The average molecular weight is 211 g/mol. The van der Waals surface area contributed by atoms with E-state index in [1.807, 2.05) is 13.1 Å². The molecule has 0 aliphatic carbocycles. The molecule has 0 fully saturated rings. The standard InChI is InChI=1S/C11H21N3O/c1-7(12)10(15)8-6-9(11(2,3)4)14(5)13-8/h6-7,10,15H,12H2,1-5H3. The van der Waals surface area contributed by atoms with Gasteiger partial charge in [-0.15, -0.1) is 0 Å². The van der Waals surface area contributed by atoms with Gasteiger partial charge in [0.1, 0.15) is 6.10 Å². The van der Waals surface area contributed by atoms with Crippen LogP contribution in [-0.2, 0) is 12.5 Å². The van der Waals surface area contributed by atoms with E-state index in [2.05, 4.69) is 25.9 Å². The van der Waals surface area contributed by atoms with Crippen molar-refractivity contribution in [3.05, 3.63) is 17.5 Å². The third-order valence-corrected chi connectivity index (χ3v) is 2.47. The lowest BCUT2D eigenvalue weighted by molar-refractivity contribution is 0.148. The lowest BCUT2D eigenvalue weighted by Crippen LogP contribution is -2.24. The summed E-state index contributed by atoms with van der Waals surface area (Å²) >= 11 is 0. The fraction of sp³-hybridized carbons (Fsp3) is 0.727. The molecule has 1 rings (SSSR count). The lowest BCUT2D eigenvalue weighted by atomic mass is 9.91. The predicted molar refractivity (Wildman–Crippen MR) is 60.5 cm³/mol. The van der Waals surface area contributed by atoms with Gasteiger partial charge in [0.15, 0.2) is 0 Å². The fourth-order valence-corrected chi connectivity index (χ4v) is 1.61. The number of aliphatic hydroxyl groups excluding tert-OH is 1. The van der Waals surface area contributed by atoms with Gasteiger partial charge in [-0.05, 0) is 13.0 Å². The molecule has 0 saturated carbocycles. The average Bonchev–Trinajstić information content (AvgIpc) is 2.44. The number of nitrogens with two attached hydrogens (primary N) is 1. The van der Waals surface area contributed by atoms with Crippen LogP contribution in [-0.4, -0.2) is 20.9 Å². The number of rotatable bonds is 2. The van der Waals surface area contributed by atoms with Gasteiger partial charge in [0.05, 0.1) is 5.69 Å². The molecule has 4 nitrogen and oxygen atoms in total. The zero-order valence-electron chi connectivity index (χ0n) is 10.2. The van der Waals surface area contributed by atoms with Crippen molar-refractivity contribution in [2.45, 2.75) is 45.3 Å². The number of hydrogen-bond donors (Lipinski definition) is 2. The van der Waals surface area contributed by atoms with Crippen LogP contribution >= 0.6 is 0 Å². The van der Waals surface area contributed by atoms with E-state index in [0.29, 0.717) is 5.69 Å². The highest BCUT2D eigenvalue weighted by atomic mass is 16.3. The molecular formula is C11H21N3O. The Bertz CT molecular complexity index is 336. The lowest BCUT2D eigenvalue weighted by Gasteiger charge is -2.17. The SMILES string of the molecule is CC(N)C(O)c1cc(C(C)(C)C)n(C)n1. The van der Waals surface area contributed by atoms with Crippen molar-refractivity contribution in [1.29, 1.82) is 0 Å². The Balaban J connectivity index is 3.06. The van der Waals surface area contributed by atoms with Crippen molar-refractivity contribution in [3.8, 4) is 0 Å². The van der Waals surface area contributed by atoms with Crippen LogP contribution in [0, 0.1) is 0 Å². The van der Waals surface area contributed by atoms with Gasteiger partial charge < -0.3 is 10.8 Å². The number of hydrogen-bond acceptors (Lipinski definition) is 3. The molecule has 1 aromatic rings. The zero-order chi connectivity index (χ0) is 11.8. The molecule has 86 valence electrons. The maximum absolute atomic E-state index is 9.80. The summed E-state index contributed by atoms with van der Waals surface area (Å²) < 4.78 is 1.81. The van der Waals surface area contributed by atoms with E-state index in [0.717, 1.165) is 5.69 Å². The van der Waals surface area contributed by atoms with Crippen molar-refractivity contribution in [3.63, 3.8) is 0 Å². The van der Waals surface area contributed by atoms with Gasteiger partial charge in [-0.25, -0.2) is 0 Å². The van der Waals surface area contributed by atoms with Crippen LogP contribution < -0.4 is 5.73 Å². The quantitative estimate of drug-likeness (QED) is 0.770. The van der Waals surface area contributed by atoms with E-state index in [1.54, 1.807) is 11.6 Å². The summed E-state index contributed by atoms with van der Waals surface area (Å²) in [4.78, 5) is 0. The van der Waals surface area contributed by atoms with Gasteiger partial charge in [-0.3, -0.25) is 4.68 Å². The van der Waals surface area contributed by atoms with Gasteiger partial charge >= 0.3 is 0 Å². The minimum absolute atomic E-state index is 0.0254. The third-order valence-electron chi connectivity index (χ3n) is 2.47. The molecule has 0 amide bonds. The second kappa shape index (κ2) is 3.94. The first-order chi connectivity index (χ1) is 6.73. The summed E-state index contributed by atoms with van der Waals surface area (Å²) in [5.41, 5.74) is 7.41. The number of aryl methyl sites for hydroxylation is 1. The van der Waals surface area contributed by atoms with Crippen LogP contribution in [0.2, 0.25) is 0 Å². The van der Waals surface area contributed by atoms with Crippen LogP contribution in [0.5, 0.6) is 0 Å². The molecule has 2 unspecified atom stereocenters. The molecule has 1 aromatic heterocycles. The van der Waals surface area contributed by atoms with Crippen molar-refractivity contribution < 1.29 is 5.11 Å². The number of nitrogens with zero attached hydrogens (tertiary/aromatic N) is 2. The zero-order valence-corrected chi connectivity index (χ0v) is 10.2. The van der Waals surface area contributed by atoms with Gasteiger partial charge in [0, 0.05) is 24.2 Å². The third kappa shape index (κ3) is 2.58. The van der Waals surface area contributed by atoms with Gasteiger partial charge in [0.2, 0.25) is 0 Å². The highest BCUT2D eigenvalue weighted by Crippen LogP contribution is 2.25. The number of aliphatic hydroxyl groups is 1.